The molecule has 2 N–H and O–H groups in total. The molecular formula is C22H30O5S. The molecule has 0 amide bonds. The molecule has 0 unspecified atom stereocenters. The van der Waals surface area contributed by atoms with Crippen LogP contribution in [0.15, 0.2) is 11.6 Å². The number of hydrogen-bond acceptors (Lipinski definition) is 6. The zero-order valence-corrected chi connectivity index (χ0v) is 17.7. The second-order valence-electron chi connectivity index (χ2n) is 9.66. The van der Waals surface area contributed by atoms with E-state index in [4.69, 9.17) is 0 Å². The molecule has 6 heteroatoms. The molecule has 3 saturated carbocycles. The SMILES string of the molecule is CS[C@@]12C(=O)C[C@@]3(C)[C@H](CC[C@@]3(O)C(=O)CO)[C@H]1CCC1=CC(=O)CC[C@]12C. The van der Waals surface area contributed by atoms with Crippen molar-refractivity contribution in [2.24, 2.45) is 22.7 Å². The summed E-state index contributed by atoms with van der Waals surface area (Å²) >= 11 is 1.62. The maximum Gasteiger partial charge on any atom is 0.190 e. The maximum absolute atomic E-state index is 13.9. The average molecular weight is 407 g/mol. The summed E-state index contributed by atoms with van der Waals surface area (Å²) in [5.74, 6) is -0.206. The van der Waals surface area contributed by atoms with Crippen LogP contribution < -0.4 is 0 Å². The Kier molecular flexibility index (Phi) is 4.54. The Morgan fingerprint density at radius 3 is 2.54 bits per heavy atom. The van der Waals surface area contributed by atoms with Crippen molar-refractivity contribution in [3.8, 4) is 0 Å². The molecule has 0 heterocycles. The van der Waals surface area contributed by atoms with Crippen molar-refractivity contribution in [2.45, 2.75) is 69.1 Å². The van der Waals surface area contributed by atoms with Gasteiger partial charge in [0.1, 0.15) is 12.2 Å². The molecule has 4 aliphatic rings. The Balaban J connectivity index is 1.84. The third kappa shape index (κ3) is 2.15. The van der Waals surface area contributed by atoms with Crippen LogP contribution in [0.25, 0.3) is 0 Å². The van der Waals surface area contributed by atoms with E-state index in [1.54, 1.807) is 17.8 Å². The number of carbonyl (C=O) groups excluding carboxylic acids is 3. The van der Waals surface area contributed by atoms with Gasteiger partial charge < -0.3 is 10.2 Å². The lowest BCUT2D eigenvalue weighted by Gasteiger charge is -2.63. The number of fused-ring (bicyclic) bond motifs is 5. The smallest absolute Gasteiger partial charge is 0.190 e. The molecule has 6 atom stereocenters. The standard InChI is InChI=1S/C22H30O5S/c1-19-8-6-14(24)10-13(19)4-5-16-15-7-9-21(27,18(26)12-23)20(15,2)11-17(25)22(16,19)28-3/h10,15-16,23,27H,4-9,11-12H2,1-3H3/t15-,16-,19-,20+,21-,22-/m1/s1. The summed E-state index contributed by atoms with van der Waals surface area (Å²) in [4.78, 5) is 38.4. The van der Waals surface area contributed by atoms with E-state index in [0.29, 0.717) is 25.7 Å². The summed E-state index contributed by atoms with van der Waals surface area (Å²) in [5.41, 5.74) is -1.73. The first kappa shape index (κ1) is 20.3. The van der Waals surface area contributed by atoms with E-state index in [-0.39, 0.29) is 35.2 Å². The first-order chi connectivity index (χ1) is 13.1. The Labute approximate surface area is 170 Å². The molecule has 28 heavy (non-hydrogen) atoms. The van der Waals surface area contributed by atoms with Gasteiger partial charge in [-0.3, -0.25) is 14.4 Å². The molecule has 0 aromatic carbocycles. The number of thioether (sulfide) groups is 1. The van der Waals surface area contributed by atoms with Gasteiger partial charge in [-0.2, -0.15) is 0 Å². The highest BCUT2D eigenvalue weighted by molar-refractivity contribution is 8.00. The number of rotatable bonds is 3. The van der Waals surface area contributed by atoms with Gasteiger partial charge in [-0.05, 0) is 56.3 Å². The van der Waals surface area contributed by atoms with Crippen molar-refractivity contribution in [3.63, 3.8) is 0 Å². The zero-order chi connectivity index (χ0) is 20.5. The third-order valence-electron chi connectivity index (χ3n) is 8.92. The van der Waals surface area contributed by atoms with Crippen LogP contribution in [0.2, 0.25) is 0 Å². The predicted molar refractivity (Wildman–Crippen MR) is 107 cm³/mol. The van der Waals surface area contributed by atoms with Gasteiger partial charge in [-0.15, -0.1) is 11.8 Å². The highest BCUT2D eigenvalue weighted by Crippen LogP contribution is 2.71. The zero-order valence-electron chi connectivity index (χ0n) is 16.9. The summed E-state index contributed by atoms with van der Waals surface area (Å²) < 4.78 is -0.616. The normalized spacial score (nSPS) is 47.8. The average Bonchev–Trinajstić information content (AvgIpc) is 2.93. The van der Waals surface area contributed by atoms with E-state index in [2.05, 4.69) is 6.92 Å². The molecule has 0 aromatic heterocycles. The summed E-state index contributed by atoms with van der Waals surface area (Å²) in [6.45, 7) is 3.32. The van der Waals surface area contributed by atoms with Gasteiger partial charge in [-0.25, -0.2) is 0 Å². The van der Waals surface area contributed by atoms with Crippen LogP contribution in [-0.4, -0.2) is 50.8 Å². The number of aliphatic hydroxyl groups is 2. The van der Waals surface area contributed by atoms with Crippen LogP contribution in [0.4, 0.5) is 0 Å². The number of hydrogen-bond donors (Lipinski definition) is 2. The molecule has 3 fully saturated rings. The molecule has 0 radical (unpaired) electrons. The lowest BCUT2D eigenvalue weighted by atomic mass is 9.45. The second kappa shape index (κ2) is 6.26. The number of allylic oxidation sites excluding steroid dienone is 1. The number of aliphatic hydroxyl groups excluding tert-OH is 1. The molecule has 4 aliphatic carbocycles. The van der Waals surface area contributed by atoms with Crippen LogP contribution in [-0.2, 0) is 14.4 Å². The fourth-order valence-corrected chi connectivity index (χ4v) is 8.96. The molecule has 4 rings (SSSR count). The maximum atomic E-state index is 13.9. The topological polar surface area (TPSA) is 91.7 Å². The Bertz CT molecular complexity index is 790. The van der Waals surface area contributed by atoms with Gasteiger partial charge >= 0.3 is 0 Å². The van der Waals surface area contributed by atoms with E-state index < -0.39 is 28.2 Å². The van der Waals surface area contributed by atoms with E-state index >= 15 is 0 Å². The van der Waals surface area contributed by atoms with E-state index in [1.807, 2.05) is 13.2 Å². The molecule has 0 aliphatic heterocycles. The molecule has 0 saturated heterocycles. The predicted octanol–water partition coefficient (Wildman–Crippen LogP) is 2.48. The number of carbonyl (C=O) groups is 3. The van der Waals surface area contributed by atoms with Crippen molar-refractivity contribution in [3.05, 3.63) is 11.6 Å². The van der Waals surface area contributed by atoms with Crippen molar-refractivity contribution in [1.29, 1.82) is 0 Å². The molecule has 5 nitrogen and oxygen atoms in total. The Hall–Kier alpha value is -0.980. The fraction of sp³-hybridized carbons (Fsp3) is 0.773. The van der Waals surface area contributed by atoms with Gasteiger partial charge in [-0.1, -0.05) is 19.4 Å². The van der Waals surface area contributed by atoms with Crippen LogP contribution >= 0.6 is 11.8 Å². The van der Waals surface area contributed by atoms with Crippen LogP contribution in [0.1, 0.15) is 58.8 Å². The second-order valence-corrected chi connectivity index (χ2v) is 10.7. The van der Waals surface area contributed by atoms with Gasteiger partial charge in [0.15, 0.2) is 17.3 Å². The third-order valence-corrected chi connectivity index (χ3v) is 10.5. The minimum atomic E-state index is -1.63. The van der Waals surface area contributed by atoms with Crippen molar-refractivity contribution < 1.29 is 24.6 Å². The van der Waals surface area contributed by atoms with Crippen molar-refractivity contribution in [1.82, 2.24) is 0 Å². The van der Waals surface area contributed by atoms with Gasteiger partial charge in [0.05, 0.1) is 4.75 Å². The van der Waals surface area contributed by atoms with Gasteiger partial charge in [0, 0.05) is 23.7 Å². The van der Waals surface area contributed by atoms with E-state index in [9.17, 15) is 24.6 Å². The summed E-state index contributed by atoms with van der Waals surface area (Å²) in [6.07, 6.45) is 7.66. The first-order valence-corrected chi connectivity index (χ1v) is 11.5. The highest BCUT2D eigenvalue weighted by atomic mass is 32.2. The molecule has 154 valence electrons. The van der Waals surface area contributed by atoms with Crippen molar-refractivity contribution in [2.75, 3.05) is 12.9 Å². The Morgan fingerprint density at radius 2 is 1.89 bits per heavy atom. The van der Waals surface area contributed by atoms with Gasteiger partial charge in [0.2, 0.25) is 0 Å². The molecule has 0 aromatic rings. The van der Waals surface area contributed by atoms with Crippen molar-refractivity contribution >= 4 is 29.1 Å². The van der Waals surface area contributed by atoms with Crippen LogP contribution in [0, 0.1) is 22.7 Å². The molecule has 0 bridgehead atoms. The highest BCUT2D eigenvalue weighted by Gasteiger charge is 2.73. The molecular weight excluding hydrogens is 376 g/mol. The van der Waals surface area contributed by atoms with Crippen LogP contribution in [0.5, 0.6) is 0 Å². The lowest BCUT2D eigenvalue weighted by molar-refractivity contribution is -0.167. The molecule has 0 spiro atoms. The summed E-state index contributed by atoms with van der Waals surface area (Å²) in [6, 6.07) is 0. The van der Waals surface area contributed by atoms with E-state index in [1.165, 1.54) is 0 Å². The minimum absolute atomic E-state index is 0.0501. The van der Waals surface area contributed by atoms with Gasteiger partial charge in [0.25, 0.3) is 0 Å². The largest absolute Gasteiger partial charge is 0.388 e. The van der Waals surface area contributed by atoms with Crippen LogP contribution in [0.3, 0.4) is 0 Å². The summed E-state index contributed by atoms with van der Waals surface area (Å²) in [5, 5.41) is 20.7. The number of ketones is 3. The monoisotopic (exact) mass is 406 g/mol. The summed E-state index contributed by atoms with van der Waals surface area (Å²) in [7, 11) is 0. The lowest BCUT2D eigenvalue weighted by Crippen LogP contribution is -2.68. The minimum Gasteiger partial charge on any atom is -0.388 e. The van der Waals surface area contributed by atoms with E-state index in [0.717, 1.165) is 18.4 Å². The Morgan fingerprint density at radius 1 is 1.18 bits per heavy atom. The number of Topliss-reactive ketones (excluding diaryl/α,β-unsaturated/α-hetero) is 2. The quantitative estimate of drug-likeness (QED) is 0.748. The first-order valence-electron chi connectivity index (χ1n) is 10.3. The fourth-order valence-electron chi connectivity index (χ4n) is 7.40.